The van der Waals surface area contributed by atoms with Crippen molar-refractivity contribution in [2.75, 3.05) is 0 Å². The Morgan fingerprint density at radius 2 is 2.07 bits per heavy atom. The number of alkyl halides is 2. The lowest BCUT2D eigenvalue weighted by molar-refractivity contribution is -0.232. The van der Waals surface area contributed by atoms with Crippen LogP contribution in [0.4, 0.5) is 8.78 Å². The fraction of sp³-hybridized carbons (Fsp3) is 0.667. The summed E-state index contributed by atoms with van der Waals surface area (Å²) >= 11 is 0. The zero-order valence-electron chi connectivity index (χ0n) is 8.80. The maximum atomic E-state index is 12.1. The standard InChI is InChI=1S/C7H9F2NO2.C2H6/c1-5-3-6(10-12-5)4-11-7(2,8)9;1-2/h3H,4H2,1-2H3;1-2H3. The highest BCUT2D eigenvalue weighted by Crippen LogP contribution is 2.15. The van der Waals surface area contributed by atoms with Gasteiger partial charge in [0, 0.05) is 13.0 Å². The van der Waals surface area contributed by atoms with Crippen LogP contribution in [0, 0.1) is 6.92 Å². The van der Waals surface area contributed by atoms with Gasteiger partial charge in [-0.25, -0.2) is 0 Å². The molecule has 0 N–H and O–H groups in total. The lowest BCUT2D eigenvalue weighted by atomic mass is 10.4. The van der Waals surface area contributed by atoms with E-state index in [1.807, 2.05) is 13.8 Å². The molecule has 0 aliphatic carbocycles. The predicted molar refractivity (Wildman–Crippen MR) is 48.0 cm³/mol. The Morgan fingerprint density at radius 1 is 1.50 bits per heavy atom. The number of halogens is 2. The number of hydrogen-bond donors (Lipinski definition) is 0. The van der Waals surface area contributed by atoms with Crippen molar-refractivity contribution in [3.05, 3.63) is 17.5 Å². The second kappa shape index (κ2) is 5.70. The summed E-state index contributed by atoms with van der Waals surface area (Å²) in [6, 6.07) is 1.55. The summed E-state index contributed by atoms with van der Waals surface area (Å²) < 4.78 is 33.1. The van der Waals surface area contributed by atoms with E-state index in [0.29, 0.717) is 18.4 Å². The van der Waals surface area contributed by atoms with E-state index in [1.165, 1.54) is 0 Å². The van der Waals surface area contributed by atoms with E-state index in [9.17, 15) is 8.78 Å². The molecule has 0 saturated carbocycles. The first-order chi connectivity index (χ1) is 6.47. The Hall–Kier alpha value is -0.970. The average molecular weight is 207 g/mol. The average Bonchev–Trinajstić information content (AvgIpc) is 2.50. The van der Waals surface area contributed by atoms with Gasteiger partial charge in [-0.15, -0.1) is 0 Å². The molecular weight excluding hydrogens is 192 g/mol. The molecule has 1 heterocycles. The number of rotatable bonds is 3. The third-order valence-corrected chi connectivity index (χ3v) is 1.15. The minimum absolute atomic E-state index is 0.235. The molecule has 5 heteroatoms. The first kappa shape index (κ1) is 13.0. The van der Waals surface area contributed by atoms with Gasteiger partial charge in [-0.05, 0) is 6.92 Å². The van der Waals surface area contributed by atoms with Crippen LogP contribution in [-0.4, -0.2) is 11.3 Å². The van der Waals surface area contributed by atoms with Crippen LogP contribution in [0.25, 0.3) is 0 Å². The summed E-state index contributed by atoms with van der Waals surface area (Å²) in [5, 5.41) is 3.49. The highest BCUT2D eigenvalue weighted by atomic mass is 19.3. The number of ether oxygens (including phenoxy) is 1. The van der Waals surface area contributed by atoms with E-state index >= 15 is 0 Å². The third kappa shape index (κ3) is 5.64. The van der Waals surface area contributed by atoms with Gasteiger partial charge in [-0.2, -0.15) is 8.78 Å². The molecular formula is C9H15F2NO2. The van der Waals surface area contributed by atoms with Crippen LogP contribution in [0.1, 0.15) is 32.2 Å². The van der Waals surface area contributed by atoms with Crippen molar-refractivity contribution in [3.63, 3.8) is 0 Å². The molecule has 3 nitrogen and oxygen atoms in total. The van der Waals surface area contributed by atoms with Gasteiger partial charge in [0.05, 0.1) is 6.61 Å². The van der Waals surface area contributed by atoms with E-state index in [-0.39, 0.29) is 6.61 Å². The van der Waals surface area contributed by atoms with Crippen molar-refractivity contribution >= 4 is 0 Å². The third-order valence-electron chi connectivity index (χ3n) is 1.15. The normalized spacial score (nSPS) is 10.7. The summed E-state index contributed by atoms with van der Waals surface area (Å²) in [6.07, 6.45) is -3.12. The first-order valence-electron chi connectivity index (χ1n) is 4.41. The largest absolute Gasteiger partial charge is 0.361 e. The van der Waals surface area contributed by atoms with Crippen molar-refractivity contribution < 1.29 is 18.0 Å². The predicted octanol–water partition coefficient (Wildman–Crippen LogP) is 3.14. The summed E-state index contributed by atoms with van der Waals surface area (Å²) in [5.41, 5.74) is 0.369. The maximum Gasteiger partial charge on any atom is 0.353 e. The number of nitrogens with zero attached hydrogens (tertiary/aromatic N) is 1. The second-order valence-corrected chi connectivity index (χ2v) is 2.53. The Morgan fingerprint density at radius 3 is 2.43 bits per heavy atom. The molecule has 0 amide bonds. The summed E-state index contributed by atoms with van der Waals surface area (Å²) in [6.45, 7) is 6.13. The zero-order valence-corrected chi connectivity index (χ0v) is 8.80. The first-order valence-corrected chi connectivity index (χ1v) is 4.41. The molecule has 0 aliphatic rings. The second-order valence-electron chi connectivity index (χ2n) is 2.53. The smallest absolute Gasteiger partial charge is 0.353 e. The van der Waals surface area contributed by atoms with Gasteiger partial charge < -0.3 is 9.26 Å². The van der Waals surface area contributed by atoms with Crippen LogP contribution < -0.4 is 0 Å². The quantitative estimate of drug-likeness (QED) is 0.763. The highest BCUT2D eigenvalue weighted by Gasteiger charge is 2.21. The van der Waals surface area contributed by atoms with E-state index in [1.54, 1.807) is 13.0 Å². The fourth-order valence-corrected chi connectivity index (χ4v) is 0.687. The Kier molecular flexibility index (Phi) is 5.30. The topological polar surface area (TPSA) is 35.3 Å². The van der Waals surface area contributed by atoms with E-state index in [2.05, 4.69) is 14.4 Å². The minimum Gasteiger partial charge on any atom is -0.361 e. The van der Waals surface area contributed by atoms with Crippen LogP contribution in [0.5, 0.6) is 0 Å². The molecule has 82 valence electrons. The van der Waals surface area contributed by atoms with E-state index < -0.39 is 6.11 Å². The summed E-state index contributed by atoms with van der Waals surface area (Å²) in [7, 11) is 0. The number of aromatic nitrogens is 1. The molecule has 0 spiro atoms. The lowest BCUT2D eigenvalue weighted by Crippen LogP contribution is -2.14. The fourth-order valence-electron chi connectivity index (χ4n) is 0.687. The molecule has 0 bridgehead atoms. The van der Waals surface area contributed by atoms with E-state index in [0.717, 1.165) is 0 Å². The van der Waals surface area contributed by atoms with Gasteiger partial charge in [0.2, 0.25) is 0 Å². The van der Waals surface area contributed by atoms with Crippen LogP contribution in [0.2, 0.25) is 0 Å². The van der Waals surface area contributed by atoms with Gasteiger partial charge in [0.1, 0.15) is 11.5 Å². The Bertz CT molecular complexity index is 256. The molecule has 0 saturated heterocycles. The summed E-state index contributed by atoms with van der Waals surface area (Å²) in [4.78, 5) is 0. The van der Waals surface area contributed by atoms with Crippen molar-refractivity contribution in [1.82, 2.24) is 5.16 Å². The monoisotopic (exact) mass is 207 g/mol. The van der Waals surface area contributed by atoms with Crippen LogP contribution in [0.15, 0.2) is 10.6 Å². The van der Waals surface area contributed by atoms with Crippen LogP contribution in [0.3, 0.4) is 0 Å². The van der Waals surface area contributed by atoms with Crippen molar-refractivity contribution in [2.24, 2.45) is 0 Å². The molecule has 1 aromatic heterocycles. The molecule has 14 heavy (non-hydrogen) atoms. The molecule has 0 atom stereocenters. The zero-order chi connectivity index (χ0) is 11.2. The molecule has 1 aromatic rings. The number of hydrogen-bond acceptors (Lipinski definition) is 3. The maximum absolute atomic E-state index is 12.1. The molecule has 0 aromatic carbocycles. The Balaban J connectivity index is 0.000000791. The van der Waals surface area contributed by atoms with Gasteiger partial charge >= 0.3 is 6.11 Å². The number of aryl methyl sites for hydroxylation is 1. The molecule has 0 aliphatic heterocycles. The van der Waals surface area contributed by atoms with Gasteiger partial charge in [-0.1, -0.05) is 19.0 Å². The van der Waals surface area contributed by atoms with Crippen LogP contribution in [-0.2, 0) is 11.3 Å². The lowest BCUT2D eigenvalue weighted by Gasteiger charge is -2.08. The van der Waals surface area contributed by atoms with Gasteiger partial charge in [0.25, 0.3) is 0 Å². The SMILES string of the molecule is CC.Cc1cc(COC(C)(F)F)no1. The van der Waals surface area contributed by atoms with Gasteiger partial charge in [0.15, 0.2) is 0 Å². The van der Waals surface area contributed by atoms with Crippen molar-refractivity contribution in [3.8, 4) is 0 Å². The van der Waals surface area contributed by atoms with Crippen molar-refractivity contribution in [1.29, 1.82) is 0 Å². The minimum atomic E-state index is -3.12. The molecule has 1 rings (SSSR count). The Labute approximate surface area is 82.0 Å². The highest BCUT2D eigenvalue weighted by molar-refractivity contribution is 5.01. The molecule has 0 fully saturated rings. The van der Waals surface area contributed by atoms with Gasteiger partial charge in [-0.3, -0.25) is 0 Å². The summed E-state index contributed by atoms with van der Waals surface area (Å²) in [5.74, 6) is 0.577. The van der Waals surface area contributed by atoms with Crippen LogP contribution >= 0.6 is 0 Å². The molecule has 0 unspecified atom stereocenters. The van der Waals surface area contributed by atoms with E-state index in [4.69, 9.17) is 0 Å². The molecule has 0 radical (unpaired) electrons. The van der Waals surface area contributed by atoms with Crippen molar-refractivity contribution in [2.45, 2.75) is 40.4 Å².